The average molecular weight is 220 g/mol. The lowest BCUT2D eigenvalue weighted by molar-refractivity contribution is 0.0558. The highest BCUT2D eigenvalue weighted by molar-refractivity contribution is 5.08. The fourth-order valence-corrected chi connectivity index (χ4v) is 2.16. The van der Waals surface area contributed by atoms with Crippen molar-refractivity contribution in [2.24, 2.45) is 5.92 Å². The van der Waals surface area contributed by atoms with E-state index in [0.29, 0.717) is 6.04 Å². The Hall–Kier alpha value is -0.930. The van der Waals surface area contributed by atoms with Gasteiger partial charge in [-0.25, -0.2) is 0 Å². The lowest BCUT2D eigenvalue weighted by Gasteiger charge is -2.28. The van der Waals surface area contributed by atoms with Gasteiger partial charge in [-0.2, -0.15) is 0 Å². The van der Waals surface area contributed by atoms with Crippen LogP contribution in [0.3, 0.4) is 0 Å². The number of ether oxygens (including phenoxy) is 1. The molecule has 0 amide bonds. The Bertz CT molecular complexity index is 296. The fraction of sp³-hybridized carbons (Fsp3) is 0.615. The third kappa shape index (κ3) is 3.29. The van der Waals surface area contributed by atoms with Crippen molar-refractivity contribution in [3.63, 3.8) is 0 Å². The van der Waals surface area contributed by atoms with Gasteiger partial charge in [0.1, 0.15) is 0 Å². The molecule has 1 N–H and O–H groups in total. The number of pyridine rings is 1. The zero-order valence-electron chi connectivity index (χ0n) is 9.86. The Morgan fingerprint density at radius 3 is 3.00 bits per heavy atom. The van der Waals surface area contributed by atoms with Crippen molar-refractivity contribution in [2.75, 3.05) is 13.2 Å². The molecule has 1 aliphatic rings. The van der Waals surface area contributed by atoms with E-state index in [1.807, 2.05) is 18.5 Å². The molecule has 1 aliphatic heterocycles. The van der Waals surface area contributed by atoms with Crippen LogP contribution in [-0.2, 0) is 11.3 Å². The van der Waals surface area contributed by atoms with Crippen LogP contribution in [0.25, 0.3) is 0 Å². The zero-order chi connectivity index (χ0) is 11.2. The molecule has 0 radical (unpaired) electrons. The second-order valence-electron chi connectivity index (χ2n) is 4.48. The summed E-state index contributed by atoms with van der Waals surface area (Å²) in [5.74, 6) is 0.755. The molecule has 3 nitrogen and oxygen atoms in total. The molecule has 1 aromatic rings. The maximum Gasteiger partial charge on any atom is 0.0469 e. The van der Waals surface area contributed by atoms with Gasteiger partial charge in [0.25, 0.3) is 0 Å². The number of hydrogen-bond donors (Lipinski definition) is 1. The smallest absolute Gasteiger partial charge is 0.0469 e. The van der Waals surface area contributed by atoms with Crippen LogP contribution in [0.1, 0.15) is 25.3 Å². The zero-order valence-corrected chi connectivity index (χ0v) is 9.86. The highest BCUT2D eigenvalue weighted by Crippen LogP contribution is 2.18. The third-order valence-corrected chi connectivity index (χ3v) is 3.32. The van der Waals surface area contributed by atoms with Gasteiger partial charge in [0.05, 0.1) is 0 Å². The first-order chi connectivity index (χ1) is 7.86. The van der Waals surface area contributed by atoms with Gasteiger partial charge in [0, 0.05) is 38.2 Å². The van der Waals surface area contributed by atoms with Gasteiger partial charge >= 0.3 is 0 Å². The van der Waals surface area contributed by atoms with Crippen molar-refractivity contribution in [2.45, 2.75) is 32.4 Å². The van der Waals surface area contributed by atoms with E-state index in [4.69, 9.17) is 4.74 Å². The molecule has 0 saturated carbocycles. The minimum atomic E-state index is 0.559. The van der Waals surface area contributed by atoms with E-state index >= 15 is 0 Å². The highest BCUT2D eigenvalue weighted by atomic mass is 16.5. The van der Waals surface area contributed by atoms with E-state index in [9.17, 15) is 0 Å². The van der Waals surface area contributed by atoms with E-state index in [-0.39, 0.29) is 0 Å². The fourth-order valence-electron chi connectivity index (χ4n) is 2.16. The number of rotatable bonds is 4. The molecule has 1 saturated heterocycles. The molecule has 2 heterocycles. The molecule has 88 valence electrons. The molecular formula is C13H20N2O. The van der Waals surface area contributed by atoms with E-state index in [1.165, 1.54) is 18.4 Å². The van der Waals surface area contributed by atoms with Gasteiger partial charge in [0.2, 0.25) is 0 Å². The van der Waals surface area contributed by atoms with Crippen molar-refractivity contribution in [1.82, 2.24) is 10.3 Å². The lowest BCUT2D eigenvalue weighted by atomic mass is 9.93. The molecule has 3 heteroatoms. The quantitative estimate of drug-likeness (QED) is 0.842. The second-order valence-corrected chi connectivity index (χ2v) is 4.48. The highest BCUT2D eigenvalue weighted by Gasteiger charge is 2.19. The maximum absolute atomic E-state index is 5.37. The summed E-state index contributed by atoms with van der Waals surface area (Å²) in [5.41, 5.74) is 1.25. The molecule has 1 aromatic heterocycles. The van der Waals surface area contributed by atoms with E-state index in [1.54, 1.807) is 0 Å². The summed E-state index contributed by atoms with van der Waals surface area (Å²) in [6.45, 7) is 5.02. The van der Waals surface area contributed by atoms with Crippen LogP contribution in [0.15, 0.2) is 24.5 Å². The van der Waals surface area contributed by atoms with Crippen molar-refractivity contribution in [3.05, 3.63) is 30.1 Å². The number of aromatic nitrogens is 1. The first kappa shape index (κ1) is 11.6. The van der Waals surface area contributed by atoms with Gasteiger partial charge in [0.15, 0.2) is 0 Å². The minimum Gasteiger partial charge on any atom is -0.381 e. The monoisotopic (exact) mass is 220 g/mol. The van der Waals surface area contributed by atoms with E-state index in [2.05, 4.69) is 23.3 Å². The molecular weight excluding hydrogens is 200 g/mol. The second kappa shape index (κ2) is 5.97. The van der Waals surface area contributed by atoms with Crippen molar-refractivity contribution in [1.29, 1.82) is 0 Å². The van der Waals surface area contributed by atoms with Crippen LogP contribution in [0.5, 0.6) is 0 Å². The summed E-state index contributed by atoms with van der Waals surface area (Å²) in [7, 11) is 0. The van der Waals surface area contributed by atoms with Crippen LogP contribution in [0.4, 0.5) is 0 Å². The molecule has 0 aliphatic carbocycles. The third-order valence-electron chi connectivity index (χ3n) is 3.32. The average Bonchev–Trinajstić information content (AvgIpc) is 2.38. The van der Waals surface area contributed by atoms with Crippen LogP contribution in [0.2, 0.25) is 0 Å². The van der Waals surface area contributed by atoms with Gasteiger partial charge in [-0.3, -0.25) is 4.98 Å². The maximum atomic E-state index is 5.37. The normalized spacial score (nSPS) is 19.6. The predicted molar refractivity (Wildman–Crippen MR) is 64.1 cm³/mol. The Kier molecular flexibility index (Phi) is 4.31. The number of hydrogen-bond acceptors (Lipinski definition) is 3. The largest absolute Gasteiger partial charge is 0.381 e. The van der Waals surface area contributed by atoms with Gasteiger partial charge in [-0.1, -0.05) is 6.07 Å². The summed E-state index contributed by atoms with van der Waals surface area (Å²) >= 11 is 0. The van der Waals surface area contributed by atoms with Crippen molar-refractivity contribution >= 4 is 0 Å². The first-order valence-corrected chi connectivity index (χ1v) is 6.06. The van der Waals surface area contributed by atoms with Crippen molar-refractivity contribution in [3.8, 4) is 0 Å². The Balaban J connectivity index is 1.76. The molecule has 0 bridgehead atoms. The molecule has 2 rings (SSSR count). The number of nitrogens with one attached hydrogen (secondary N) is 1. The summed E-state index contributed by atoms with van der Waals surface area (Å²) in [6.07, 6.45) is 6.09. The summed E-state index contributed by atoms with van der Waals surface area (Å²) in [4.78, 5) is 4.12. The Morgan fingerprint density at radius 2 is 2.31 bits per heavy atom. The van der Waals surface area contributed by atoms with E-state index < -0.39 is 0 Å². The molecule has 1 atom stereocenters. The van der Waals surface area contributed by atoms with E-state index in [0.717, 1.165) is 25.7 Å². The lowest BCUT2D eigenvalue weighted by Crippen LogP contribution is -2.36. The van der Waals surface area contributed by atoms with Gasteiger partial charge < -0.3 is 10.1 Å². The topological polar surface area (TPSA) is 34.2 Å². The Labute approximate surface area is 97.2 Å². The van der Waals surface area contributed by atoms with Crippen LogP contribution in [-0.4, -0.2) is 24.2 Å². The van der Waals surface area contributed by atoms with Crippen LogP contribution >= 0.6 is 0 Å². The summed E-state index contributed by atoms with van der Waals surface area (Å²) in [6, 6.07) is 4.65. The first-order valence-electron chi connectivity index (χ1n) is 6.06. The molecule has 0 spiro atoms. The SMILES string of the molecule is CC(NCc1cccnc1)C1CCOCC1. The molecule has 1 unspecified atom stereocenters. The van der Waals surface area contributed by atoms with Crippen molar-refractivity contribution < 1.29 is 4.74 Å². The van der Waals surface area contributed by atoms with Gasteiger partial charge in [-0.15, -0.1) is 0 Å². The summed E-state index contributed by atoms with van der Waals surface area (Å²) in [5, 5.41) is 3.57. The summed E-state index contributed by atoms with van der Waals surface area (Å²) < 4.78 is 5.37. The van der Waals surface area contributed by atoms with Gasteiger partial charge in [-0.05, 0) is 37.3 Å². The Morgan fingerprint density at radius 1 is 1.50 bits per heavy atom. The standard InChI is InChI=1S/C13H20N2O/c1-11(13-4-7-16-8-5-13)15-10-12-3-2-6-14-9-12/h2-3,6,9,11,13,15H,4-5,7-8,10H2,1H3. The predicted octanol–water partition coefficient (Wildman–Crippen LogP) is 1.99. The van der Waals surface area contributed by atoms with Crippen LogP contribution in [0, 0.1) is 5.92 Å². The number of nitrogens with zero attached hydrogens (tertiary/aromatic N) is 1. The molecule has 1 fully saturated rings. The van der Waals surface area contributed by atoms with Crippen LogP contribution < -0.4 is 5.32 Å². The molecule has 0 aromatic carbocycles. The minimum absolute atomic E-state index is 0.559. The molecule has 16 heavy (non-hydrogen) atoms.